The number of esters is 1. The van der Waals surface area contributed by atoms with Crippen molar-refractivity contribution in [2.45, 2.75) is 19.8 Å². The Balaban J connectivity index is 1.98. The molecule has 0 aromatic carbocycles. The van der Waals surface area contributed by atoms with Crippen molar-refractivity contribution in [2.75, 3.05) is 39.1 Å². The van der Waals surface area contributed by atoms with Gasteiger partial charge in [-0.15, -0.1) is 0 Å². The number of hydrogen-bond donors (Lipinski definition) is 1. The van der Waals surface area contributed by atoms with E-state index in [1.54, 1.807) is 0 Å². The number of carbonyl (C=O) groups is 1. The molecule has 1 fully saturated rings. The van der Waals surface area contributed by atoms with Crippen LogP contribution in [0.4, 0.5) is 5.82 Å². The molecule has 1 saturated heterocycles. The molecule has 0 spiro atoms. The predicted molar refractivity (Wildman–Crippen MR) is 76.8 cm³/mol. The molecular formula is C14H22N4O2. The van der Waals surface area contributed by atoms with E-state index < -0.39 is 5.97 Å². The fourth-order valence-electron chi connectivity index (χ4n) is 2.53. The zero-order chi connectivity index (χ0) is 14.5. The zero-order valence-electron chi connectivity index (χ0n) is 12.3. The Bertz CT molecular complexity index is 478. The van der Waals surface area contributed by atoms with Gasteiger partial charge >= 0.3 is 5.97 Å². The second-order valence-corrected chi connectivity index (χ2v) is 5.36. The molecule has 110 valence electrons. The van der Waals surface area contributed by atoms with Crippen LogP contribution in [0.2, 0.25) is 0 Å². The molecule has 1 unspecified atom stereocenters. The van der Waals surface area contributed by atoms with Gasteiger partial charge in [0.15, 0.2) is 0 Å². The van der Waals surface area contributed by atoms with E-state index in [0.29, 0.717) is 11.7 Å². The third kappa shape index (κ3) is 3.90. The Hall–Kier alpha value is -1.69. The topological polar surface area (TPSA) is 67.3 Å². The normalized spacial score (nSPS) is 19.6. The molecular weight excluding hydrogens is 256 g/mol. The molecule has 1 aliphatic heterocycles. The first-order valence-corrected chi connectivity index (χ1v) is 6.95. The van der Waals surface area contributed by atoms with Crippen molar-refractivity contribution in [1.82, 2.24) is 14.9 Å². The monoisotopic (exact) mass is 278 g/mol. The van der Waals surface area contributed by atoms with Crippen molar-refractivity contribution < 1.29 is 9.53 Å². The van der Waals surface area contributed by atoms with Crippen LogP contribution in [0.25, 0.3) is 0 Å². The number of carbonyl (C=O) groups excluding carboxylic acids is 1. The van der Waals surface area contributed by atoms with Crippen molar-refractivity contribution in [3.63, 3.8) is 0 Å². The summed E-state index contributed by atoms with van der Waals surface area (Å²) in [7, 11) is 3.48. The number of methoxy groups -OCH3 is 1. The summed E-state index contributed by atoms with van der Waals surface area (Å²) >= 11 is 0. The molecule has 2 rings (SSSR count). The molecule has 0 amide bonds. The molecule has 1 aliphatic rings. The highest BCUT2D eigenvalue weighted by atomic mass is 16.5. The molecule has 1 aromatic rings. The number of nitrogens with zero attached hydrogens (tertiary/aromatic N) is 3. The van der Waals surface area contributed by atoms with Gasteiger partial charge in [0, 0.05) is 24.8 Å². The number of aromatic nitrogens is 2. The lowest BCUT2D eigenvalue weighted by atomic mass is 9.98. The molecule has 0 radical (unpaired) electrons. The lowest BCUT2D eigenvalue weighted by Crippen LogP contribution is -2.35. The number of rotatable bonds is 4. The van der Waals surface area contributed by atoms with Crippen LogP contribution in [0.15, 0.2) is 6.07 Å². The van der Waals surface area contributed by atoms with Gasteiger partial charge in [-0.3, -0.25) is 0 Å². The maximum Gasteiger partial charge on any atom is 0.376 e. The predicted octanol–water partition coefficient (Wildman–Crippen LogP) is 1.33. The molecule has 2 heterocycles. The van der Waals surface area contributed by atoms with Crippen molar-refractivity contribution in [3.8, 4) is 0 Å². The Kier molecular flexibility index (Phi) is 4.89. The summed E-state index contributed by atoms with van der Waals surface area (Å²) in [5.74, 6) is 0.904. The molecule has 1 N–H and O–H groups in total. The van der Waals surface area contributed by atoms with Gasteiger partial charge in [-0.1, -0.05) is 0 Å². The molecule has 0 aliphatic carbocycles. The Labute approximate surface area is 119 Å². The van der Waals surface area contributed by atoms with Gasteiger partial charge < -0.3 is 15.0 Å². The minimum Gasteiger partial charge on any atom is -0.463 e. The maximum atomic E-state index is 11.5. The van der Waals surface area contributed by atoms with E-state index in [1.165, 1.54) is 26.5 Å². The number of likely N-dealkylation sites (tertiary alicyclic amines) is 1. The van der Waals surface area contributed by atoms with Crippen molar-refractivity contribution in [3.05, 3.63) is 17.6 Å². The van der Waals surface area contributed by atoms with Crippen LogP contribution in [0.3, 0.4) is 0 Å². The number of nitrogens with one attached hydrogen (secondary N) is 1. The van der Waals surface area contributed by atoms with Gasteiger partial charge in [0.05, 0.1) is 7.11 Å². The summed E-state index contributed by atoms with van der Waals surface area (Å²) in [5.41, 5.74) is 0.753. The van der Waals surface area contributed by atoms with E-state index in [9.17, 15) is 4.79 Å². The Morgan fingerprint density at radius 2 is 2.35 bits per heavy atom. The lowest BCUT2D eigenvalue weighted by molar-refractivity contribution is 0.0586. The van der Waals surface area contributed by atoms with Crippen molar-refractivity contribution in [2.24, 2.45) is 5.92 Å². The van der Waals surface area contributed by atoms with Crippen molar-refractivity contribution in [1.29, 1.82) is 0 Å². The van der Waals surface area contributed by atoms with Gasteiger partial charge in [-0.05, 0) is 39.3 Å². The van der Waals surface area contributed by atoms with Crippen LogP contribution >= 0.6 is 0 Å². The summed E-state index contributed by atoms with van der Waals surface area (Å²) < 4.78 is 4.66. The van der Waals surface area contributed by atoms with Gasteiger partial charge in [0.2, 0.25) is 5.82 Å². The van der Waals surface area contributed by atoms with E-state index in [1.807, 2.05) is 13.0 Å². The average molecular weight is 278 g/mol. The quantitative estimate of drug-likeness (QED) is 0.838. The molecule has 1 atom stereocenters. The Morgan fingerprint density at radius 3 is 3.05 bits per heavy atom. The number of aryl methyl sites for hydroxylation is 1. The first-order chi connectivity index (χ1) is 9.58. The fraction of sp³-hybridized carbons (Fsp3) is 0.643. The number of hydrogen-bond acceptors (Lipinski definition) is 6. The molecule has 6 heteroatoms. The average Bonchev–Trinajstić information content (AvgIpc) is 2.44. The summed E-state index contributed by atoms with van der Waals surface area (Å²) in [6.07, 6.45) is 2.46. The number of piperidine rings is 1. The number of ether oxygens (including phenoxy) is 1. The van der Waals surface area contributed by atoms with Gasteiger partial charge in [-0.25, -0.2) is 14.8 Å². The van der Waals surface area contributed by atoms with Gasteiger partial charge in [0.25, 0.3) is 0 Å². The molecule has 1 aromatic heterocycles. The second-order valence-electron chi connectivity index (χ2n) is 5.36. The lowest BCUT2D eigenvalue weighted by Gasteiger charge is -2.29. The standard InChI is InChI=1S/C14H22N4O2/c1-10-7-12(17-13(16-10)14(19)20-3)15-8-11-5-4-6-18(2)9-11/h7,11H,4-6,8-9H2,1-3H3,(H,15,16,17). The molecule has 20 heavy (non-hydrogen) atoms. The number of anilines is 1. The van der Waals surface area contributed by atoms with Crippen molar-refractivity contribution >= 4 is 11.8 Å². The smallest absolute Gasteiger partial charge is 0.376 e. The molecule has 0 saturated carbocycles. The fourth-order valence-corrected chi connectivity index (χ4v) is 2.53. The van der Waals surface area contributed by atoms with Crippen LogP contribution in [0, 0.1) is 12.8 Å². The van der Waals surface area contributed by atoms with Crippen LogP contribution in [0.5, 0.6) is 0 Å². The minimum atomic E-state index is -0.505. The van der Waals surface area contributed by atoms with E-state index in [4.69, 9.17) is 0 Å². The highest BCUT2D eigenvalue weighted by molar-refractivity contribution is 5.85. The maximum absolute atomic E-state index is 11.5. The molecule has 6 nitrogen and oxygen atoms in total. The second kappa shape index (κ2) is 6.65. The highest BCUT2D eigenvalue weighted by Crippen LogP contribution is 2.16. The van der Waals surface area contributed by atoms with E-state index in [0.717, 1.165) is 18.8 Å². The van der Waals surface area contributed by atoms with Crippen LogP contribution in [-0.2, 0) is 4.74 Å². The minimum absolute atomic E-state index is 0.107. The molecule has 0 bridgehead atoms. The van der Waals surface area contributed by atoms with Gasteiger partial charge in [0.1, 0.15) is 5.82 Å². The third-order valence-corrected chi connectivity index (χ3v) is 3.52. The van der Waals surface area contributed by atoms with E-state index in [-0.39, 0.29) is 5.82 Å². The Morgan fingerprint density at radius 1 is 1.55 bits per heavy atom. The largest absolute Gasteiger partial charge is 0.463 e. The summed E-state index contributed by atoms with van der Waals surface area (Å²) in [5, 5.41) is 3.31. The third-order valence-electron chi connectivity index (χ3n) is 3.52. The van der Waals surface area contributed by atoms with Gasteiger partial charge in [-0.2, -0.15) is 0 Å². The van der Waals surface area contributed by atoms with Crippen LogP contribution in [-0.4, -0.2) is 54.6 Å². The first-order valence-electron chi connectivity index (χ1n) is 6.95. The van der Waals surface area contributed by atoms with Crippen LogP contribution < -0.4 is 5.32 Å². The summed E-state index contributed by atoms with van der Waals surface area (Å²) in [6.45, 7) is 4.98. The van der Waals surface area contributed by atoms with E-state index in [2.05, 4.69) is 32.0 Å². The van der Waals surface area contributed by atoms with E-state index >= 15 is 0 Å². The zero-order valence-corrected chi connectivity index (χ0v) is 12.3. The highest BCUT2D eigenvalue weighted by Gasteiger charge is 2.17. The summed E-state index contributed by atoms with van der Waals surface area (Å²) in [6, 6.07) is 1.85. The SMILES string of the molecule is COC(=O)c1nc(C)cc(NCC2CCCN(C)C2)n1. The summed E-state index contributed by atoms with van der Waals surface area (Å²) in [4.78, 5) is 22.1. The van der Waals surface area contributed by atoms with Crippen LogP contribution in [0.1, 0.15) is 29.2 Å². The first kappa shape index (κ1) is 14.7.